The summed E-state index contributed by atoms with van der Waals surface area (Å²) in [5, 5.41) is 0. The van der Waals surface area contributed by atoms with Gasteiger partial charge in [0.1, 0.15) is 0 Å². The summed E-state index contributed by atoms with van der Waals surface area (Å²) < 4.78 is 37.7. The number of nitrogens with two attached hydrogens (primary N) is 1. The fraction of sp³-hybridized carbons (Fsp3) is 0.333. The van der Waals surface area contributed by atoms with Crippen LogP contribution in [0.5, 0.6) is 0 Å². The van der Waals surface area contributed by atoms with Gasteiger partial charge in [0.15, 0.2) is 0 Å². The molecule has 2 aromatic carbocycles. The van der Waals surface area contributed by atoms with Gasteiger partial charge >= 0.3 is 6.18 Å². The molecule has 0 fully saturated rings. The minimum Gasteiger partial charge on any atom is -0.324 e. The maximum absolute atomic E-state index is 12.6. The van der Waals surface area contributed by atoms with Crippen molar-refractivity contribution in [2.75, 3.05) is 0 Å². The minimum atomic E-state index is -4.30. The second-order valence-corrected chi connectivity index (χ2v) is 5.93. The average Bonchev–Trinajstić information content (AvgIpc) is 2.46. The first-order valence-corrected chi connectivity index (χ1v) is 7.30. The molecule has 0 aliphatic carbocycles. The molecular formula is C18H21ClF3N. The fourth-order valence-electron chi connectivity index (χ4n) is 2.42. The Labute approximate surface area is 141 Å². The molecule has 0 amide bonds. The van der Waals surface area contributed by atoms with Crippen molar-refractivity contribution in [2.24, 2.45) is 11.7 Å². The van der Waals surface area contributed by atoms with E-state index in [4.69, 9.17) is 5.73 Å². The first-order valence-electron chi connectivity index (χ1n) is 7.30. The Morgan fingerprint density at radius 2 is 1.30 bits per heavy atom. The Morgan fingerprint density at radius 1 is 0.870 bits per heavy atom. The molecule has 0 saturated heterocycles. The molecule has 0 spiro atoms. The third-order valence-corrected chi connectivity index (χ3v) is 3.61. The lowest BCUT2D eigenvalue weighted by molar-refractivity contribution is -0.137. The molecule has 2 aromatic rings. The lowest BCUT2D eigenvalue weighted by Crippen LogP contribution is -2.12. The molecule has 1 atom stereocenters. The molecule has 0 aliphatic heterocycles. The van der Waals surface area contributed by atoms with Crippen molar-refractivity contribution in [3.63, 3.8) is 0 Å². The smallest absolute Gasteiger partial charge is 0.324 e. The van der Waals surface area contributed by atoms with Gasteiger partial charge in [-0.1, -0.05) is 50.2 Å². The Balaban J connectivity index is 0.00000264. The van der Waals surface area contributed by atoms with Crippen molar-refractivity contribution >= 4 is 12.4 Å². The largest absolute Gasteiger partial charge is 0.416 e. The van der Waals surface area contributed by atoms with E-state index in [2.05, 4.69) is 13.8 Å². The van der Waals surface area contributed by atoms with Gasteiger partial charge in [-0.15, -0.1) is 12.4 Å². The molecule has 0 bridgehead atoms. The third-order valence-electron chi connectivity index (χ3n) is 3.61. The van der Waals surface area contributed by atoms with Gasteiger partial charge in [0, 0.05) is 6.04 Å². The highest BCUT2D eigenvalue weighted by Crippen LogP contribution is 2.31. The fourth-order valence-corrected chi connectivity index (χ4v) is 2.42. The predicted molar refractivity (Wildman–Crippen MR) is 90.5 cm³/mol. The molecule has 2 N–H and O–H groups in total. The van der Waals surface area contributed by atoms with Crippen molar-refractivity contribution in [2.45, 2.75) is 32.5 Å². The van der Waals surface area contributed by atoms with Crippen LogP contribution in [0, 0.1) is 5.92 Å². The van der Waals surface area contributed by atoms with E-state index in [-0.39, 0.29) is 18.4 Å². The first kappa shape index (κ1) is 19.5. The van der Waals surface area contributed by atoms with Crippen LogP contribution in [0.3, 0.4) is 0 Å². The number of hydrogen-bond donors (Lipinski definition) is 1. The molecule has 1 nitrogen and oxygen atoms in total. The van der Waals surface area contributed by atoms with Crippen LogP contribution in [-0.4, -0.2) is 0 Å². The van der Waals surface area contributed by atoms with Gasteiger partial charge < -0.3 is 5.73 Å². The zero-order chi connectivity index (χ0) is 16.3. The molecule has 0 aliphatic rings. The van der Waals surface area contributed by atoms with Crippen LogP contribution in [0.25, 0.3) is 11.1 Å². The number of halogens is 4. The van der Waals surface area contributed by atoms with Crippen LogP contribution in [-0.2, 0) is 6.18 Å². The Morgan fingerprint density at radius 3 is 1.70 bits per heavy atom. The SMILES string of the molecule is CC(C)C[C@@H](N)c1ccc(-c2ccc(C(F)(F)F)cc2)cc1.Cl. The Bertz CT molecular complexity index is 604. The highest BCUT2D eigenvalue weighted by atomic mass is 35.5. The minimum absolute atomic E-state index is 0. The second kappa shape index (κ2) is 7.84. The second-order valence-electron chi connectivity index (χ2n) is 5.93. The van der Waals surface area contributed by atoms with Crippen LogP contribution >= 0.6 is 12.4 Å². The molecule has 0 saturated carbocycles. The van der Waals surface area contributed by atoms with Crippen LogP contribution < -0.4 is 5.73 Å². The van der Waals surface area contributed by atoms with Crippen LogP contribution in [0.1, 0.15) is 37.4 Å². The van der Waals surface area contributed by atoms with Gasteiger partial charge in [-0.3, -0.25) is 0 Å². The summed E-state index contributed by atoms with van der Waals surface area (Å²) >= 11 is 0. The monoisotopic (exact) mass is 343 g/mol. The number of rotatable bonds is 4. The number of benzene rings is 2. The Hall–Kier alpha value is -1.52. The van der Waals surface area contributed by atoms with E-state index >= 15 is 0 Å². The van der Waals surface area contributed by atoms with Gasteiger partial charge in [-0.25, -0.2) is 0 Å². The maximum Gasteiger partial charge on any atom is 0.416 e. The third kappa shape index (κ3) is 5.26. The quantitative estimate of drug-likeness (QED) is 0.741. The highest BCUT2D eigenvalue weighted by molar-refractivity contribution is 5.85. The van der Waals surface area contributed by atoms with E-state index < -0.39 is 11.7 Å². The van der Waals surface area contributed by atoms with E-state index in [1.165, 1.54) is 12.1 Å². The van der Waals surface area contributed by atoms with E-state index in [9.17, 15) is 13.2 Å². The summed E-state index contributed by atoms with van der Waals surface area (Å²) in [4.78, 5) is 0. The van der Waals surface area contributed by atoms with Crippen LogP contribution in [0.4, 0.5) is 13.2 Å². The summed E-state index contributed by atoms with van der Waals surface area (Å²) in [5.41, 5.74) is 8.19. The van der Waals surface area contributed by atoms with Gasteiger partial charge in [0.25, 0.3) is 0 Å². The van der Waals surface area contributed by atoms with Crippen LogP contribution in [0.15, 0.2) is 48.5 Å². The summed E-state index contributed by atoms with van der Waals surface area (Å²) in [6.07, 6.45) is -3.40. The van der Waals surface area contributed by atoms with Crippen molar-refractivity contribution in [1.82, 2.24) is 0 Å². The van der Waals surface area contributed by atoms with Crippen molar-refractivity contribution in [3.05, 3.63) is 59.7 Å². The van der Waals surface area contributed by atoms with Crippen molar-refractivity contribution in [1.29, 1.82) is 0 Å². The van der Waals surface area contributed by atoms with Gasteiger partial charge in [-0.05, 0) is 41.2 Å². The van der Waals surface area contributed by atoms with Crippen molar-refractivity contribution < 1.29 is 13.2 Å². The summed E-state index contributed by atoms with van der Waals surface area (Å²) in [5.74, 6) is 0.518. The normalized spacial score (nSPS) is 12.8. The lowest BCUT2D eigenvalue weighted by atomic mass is 9.95. The zero-order valence-electron chi connectivity index (χ0n) is 13.1. The average molecular weight is 344 g/mol. The molecule has 23 heavy (non-hydrogen) atoms. The molecule has 0 unspecified atom stereocenters. The summed E-state index contributed by atoms with van der Waals surface area (Å²) in [6, 6.07) is 12.9. The molecule has 0 heterocycles. The predicted octanol–water partition coefficient (Wildman–Crippen LogP) is 5.84. The molecule has 0 aromatic heterocycles. The summed E-state index contributed by atoms with van der Waals surface area (Å²) in [6.45, 7) is 4.24. The van der Waals surface area contributed by atoms with Gasteiger partial charge in [-0.2, -0.15) is 13.2 Å². The standard InChI is InChI=1S/C18H20F3N.ClH/c1-12(2)11-17(22)15-5-3-13(4-6-15)14-7-9-16(10-8-14)18(19,20)21;/h3-10,12,17H,11,22H2,1-2H3;1H/t17-;/m1./s1. The highest BCUT2D eigenvalue weighted by Gasteiger charge is 2.29. The van der Waals surface area contributed by atoms with Gasteiger partial charge in [0.2, 0.25) is 0 Å². The van der Waals surface area contributed by atoms with E-state index in [0.29, 0.717) is 5.92 Å². The first-order chi connectivity index (χ1) is 10.3. The molecular weight excluding hydrogens is 323 g/mol. The number of hydrogen-bond acceptors (Lipinski definition) is 1. The summed E-state index contributed by atoms with van der Waals surface area (Å²) in [7, 11) is 0. The van der Waals surface area contributed by atoms with Crippen molar-refractivity contribution in [3.8, 4) is 11.1 Å². The maximum atomic E-state index is 12.6. The number of alkyl halides is 3. The van der Waals surface area contributed by atoms with E-state index in [1.54, 1.807) is 0 Å². The molecule has 5 heteroatoms. The lowest BCUT2D eigenvalue weighted by Gasteiger charge is -2.15. The molecule has 126 valence electrons. The topological polar surface area (TPSA) is 26.0 Å². The Kier molecular flexibility index (Phi) is 6.66. The molecule has 0 radical (unpaired) electrons. The van der Waals surface area contributed by atoms with E-state index in [0.717, 1.165) is 35.2 Å². The van der Waals surface area contributed by atoms with E-state index in [1.807, 2.05) is 24.3 Å². The van der Waals surface area contributed by atoms with Gasteiger partial charge in [0.05, 0.1) is 5.56 Å². The zero-order valence-corrected chi connectivity index (χ0v) is 13.9. The molecule has 2 rings (SSSR count). The van der Waals surface area contributed by atoms with Crippen LogP contribution in [0.2, 0.25) is 0 Å².